The number of allylic oxidation sites excluding steroid dienone is 1. The fraction of sp³-hybridized carbons (Fsp3) is 0.640. The first kappa shape index (κ1) is 24.5. The Morgan fingerprint density at radius 3 is 2.19 bits per heavy atom. The monoisotopic (exact) mass is 458 g/mol. The van der Waals surface area contributed by atoms with Crippen molar-refractivity contribution in [3.8, 4) is 0 Å². The maximum atomic E-state index is 13.1. The summed E-state index contributed by atoms with van der Waals surface area (Å²) in [4.78, 5) is 23.8. The van der Waals surface area contributed by atoms with Crippen molar-refractivity contribution in [2.75, 3.05) is 0 Å². The molecule has 1 aliphatic heterocycles. The standard InChI is InChI=1S/C25H38N2O4Si/c1-16(2)32(17(3)4,18(5)6)31-23-10-8-9-22-25(23,7)21(24(28)26-22)15-19-11-13-20(14-12-19)27(29)30/h10-14,16-18,21-22H,8-9,15H2,1-7H3,(H,26,28)/t21-,22-,25+/m0/s1. The molecule has 1 saturated heterocycles. The quantitative estimate of drug-likeness (QED) is 0.289. The van der Waals surface area contributed by atoms with Crippen molar-refractivity contribution >= 4 is 19.9 Å². The number of benzene rings is 1. The number of nitrogens with zero attached hydrogens (tertiary/aromatic N) is 1. The lowest BCUT2D eigenvalue weighted by Crippen LogP contribution is -2.51. The third kappa shape index (κ3) is 4.00. The summed E-state index contributed by atoms with van der Waals surface area (Å²) in [5, 5.41) is 14.3. The number of nitro groups is 1. The second kappa shape index (κ2) is 9.00. The van der Waals surface area contributed by atoms with E-state index in [-0.39, 0.29) is 23.6 Å². The van der Waals surface area contributed by atoms with Gasteiger partial charge < -0.3 is 9.74 Å². The van der Waals surface area contributed by atoms with Crippen LogP contribution in [0, 0.1) is 21.4 Å². The maximum absolute atomic E-state index is 13.1. The zero-order valence-electron chi connectivity index (χ0n) is 20.5. The highest BCUT2D eigenvalue weighted by Crippen LogP contribution is 2.53. The van der Waals surface area contributed by atoms with Gasteiger partial charge in [0.2, 0.25) is 5.91 Å². The highest BCUT2D eigenvalue weighted by molar-refractivity contribution is 6.77. The maximum Gasteiger partial charge on any atom is 0.269 e. The van der Waals surface area contributed by atoms with Crippen LogP contribution in [0.4, 0.5) is 5.69 Å². The van der Waals surface area contributed by atoms with Gasteiger partial charge in [0, 0.05) is 18.2 Å². The molecule has 6 nitrogen and oxygen atoms in total. The van der Waals surface area contributed by atoms with Crippen LogP contribution in [0.1, 0.15) is 66.9 Å². The van der Waals surface area contributed by atoms with Crippen LogP contribution in [-0.2, 0) is 15.6 Å². The number of carbonyl (C=O) groups excluding carboxylic acids is 1. The van der Waals surface area contributed by atoms with E-state index in [0.717, 1.165) is 24.2 Å². The van der Waals surface area contributed by atoms with Crippen LogP contribution >= 0.6 is 0 Å². The molecule has 2 aliphatic rings. The first-order valence-corrected chi connectivity index (χ1v) is 14.0. The Bertz CT molecular complexity index is 872. The summed E-state index contributed by atoms with van der Waals surface area (Å²) in [7, 11) is -2.17. The van der Waals surface area contributed by atoms with Gasteiger partial charge in [0.15, 0.2) is 0 Å². The van der Waals surface area contributed by atoms with Gasteiger partial charge in [-0.1, -0.05) is 53.7 Å². The van der Waals surface area contributed by atoms with Crippen LogP contribution in [0.3, 0.4) is 0 Å². The van der Waals surface area contributed by atoms with E-state index in [4.69, 9.17) is 4.43 Å². The van der Waals surface area contributed by atoms with E-state index in [9.17, 15) is 14.9 Å². The third-order valence-electron chi connectivity index (χ3n) is 7.98. The van der Waals surface area contributed by atoms with Gasteiger partial charge in [0.25, 0.3) is 14.0 Å². The van der Waals surface area contributed by atoms with E-state index in [1.165, 1.54) is 12.1 Å². The smallest absolute Gasteiger partial charge is 0.269 e. The number of nitro benzene ring substituents is 1. The highest BCUT2D eigenvalue weighted by Gasteiger charge is 2.58. The molecule has 32 heavy (non-hydrogen) atoms. The third-order valence-corrected chi connectivity index (χ3v) is 14.0. The number of nitrogens with one attached hydrogen (secondary N) is 1. The summed E-state index contributed by atoms with van der Waals surface area (Å²) >= 11 is 0. The molecule has 1 aliphatic carbocycles. The predicted molar refractivity (Wildman–Crippen MR) is 130 cm³/mol. The highest BCUT2D eigenvalue weighted by atomic mass is 28.4. The summed E-state index contributed by atoms with van der Waals surface area (Å²) in [5.74, 6) is 0.777. The molecule has 3 atom stereocenters. The van der Waals surface area contributed by atoms with Crippen molar-refractivity contribution in [1.29, 1.82) is 0 Å². The van der Waals surface area contributed by atoms with E-state index in [1.807, 2.05) is 0 Å². The molecule has 1 N–H and O–H groups in total. The van der Waals surface area contributed by atoms with Crippen molar-refractivity contribution in [1.82, 2.24) is 5.32 Å². The SMILES string of the molecule is CC(C)[Si](OC1=CCC[C@@H]2NC(=O)[C@H](Cc3ccc([N+](=O)[O-])cc3)[C@@]12C)(C(C)C)C(C)C. The molecular weight excluding hydrogens is 420 g/mol. The molecule has 0 unspecified atom stereocenters. The normalized spacial score (nSPS) is 25.7. The number of carbonyl (C=O) groups is 1. The van der Waals surface area contributed by atoms with Crippen molar-refractivity contribution in [2.45, 2.75) is 90.4 Å². The molecule has 1 amide bonds. The average Bonchev–Trinajstić information content (AvgIpc) is 2.96. The zero-order chi connectivity index (χ0) is 23.8. The van der Waals surface area contributed by atoms with Gasteiger partial charge in [-0.2, -0.15) is 0 Å². The number of non-ortho nitro benzene ring substituents is 1. The molecule has 176 valence electrons. The Morgan fingerprint density at radius 2 is 1.69 bits per heavy atom. The molecule has 1 aromatic rings. The van der Waals surface area contributed by atoms with Crippen LogP contribution in [0.2, 0.25) is 16.6 Å². The first-order valence-electron chi connectivity index (χ1n) is 11.9. The second-order valence-corrected chi connectivity index (χ2v) is 16.0. The topological polar surface area (TPSA) is 81.5 Å². The van der Waals surface area contributed by atoms with Crippen LogP contribution in [0.25, 0.3) is 0 Å². The second-order valence-electron chi connectivity index (χ2n) is 10.6. The summed E-state index contributed by atoms with van der Waals surface area (Å²) < 4.78 is 7.17. The minimum atomic E-state index is -2.17. The molecule has 1 aromatic carbocycles. The van der Waals surface area contributed by atoms with E-state index < -0.39 is 18.7 Å². The van der Waals surface area contributed by atoms with Gasteiger partial charge in [-0.05, 0) is 54.4 Å². The van der Waals surface area contributed by atoms with Crippen molar-refractivity contribution < 1.29 is 14.1 Å². The Morgan fingerprint density at radius 1 is 1.12 bits per heavy atom. The van der Waals surface area contributed by atoms with Gasteiger partial charge in [-0.15, -0.1) is 0 Å². The van der Waals surface area contributed by atoms with Crippen LogP contribution in [-0.4, -0.2) is 25.2 Å². The van der Waals surface area contributed by atoms with Gasteiger partial charge >= 0.3 is 0 Å². The lowest BCUT2D eigenvalue weighted by Gasteiger charge is -2.48. The Balaban J connectivity index is 1.97. The van der Waals surface area contributed by atoms with Gasteiger partial charge in [0.05, 0.1) is 22.0 Å². The zero-order valence-corrected chi connectivity index (χ0v) is 21.5. The lowest BCUT2D eigenvalue weighted by atomic mass is 9.67. The number of rotatable bonds is 8. The summed E-state index contributed by atoms with van der Waals surface area (Å²) in [5.41, 5.74) is 1.93. The predicted octanol–water partition coefficient (Wildman–Crippen LogP) is 6.13. The summed E-state index contributed by atoms with van der Waals surface area (Å²) in [6.45, 7) is 15.9. The van der Waals surface area contributed by atoms with Gasteiger partial charge in [-0.3, -0.25) is 14.9 Å². The fourth-order valence-corrected chi connectivity index (χ4v) is 11.6. The Labute approximate surface area is 193 Å². The number of amides is 1. The van der Waals surface area contributed by atoms with Crippen molar-refractivity contribution in [2.24, 2.45) is 11.3 Å². The summed E-state index contributed by atoms with van der Waals surface area (Å²) in [6.07, 6.45) is 4.58. The van der Waals surface area contributed by atoms with Crippen molar-refractivity contribution in [3.05, 3.63) is 51.8 Å². The number of fused-ring (bicyclic) bond motifs is 1. The van der Waals surface area contributed by atoms with E-state index in [1.54, 1.807) is 12.1 Å². The van der Waals surface area contributed by atoms with E-state index >= 15 is 0 Å². The Kier molecular flexibility index (Phi) is 6.89. The molecule has 3 rings (SSSR count). The van der Waals surface area contributed by atoms with Crippen molar-refractivity contribution in [3.63, 3.8) is 0 Å². The van der Waals surface area contributed by atoms with Crippen LogP contribution in [0.5, 0.6) is 0 Å². The molecule has 0 aromatic heterocycles. The lowest BCUT2D eigenvalue weighted by molar-refractivity contribution is -0.384. The molecule has 0 saturated carbocycles. The summed E-state index contributed by atoms with van der Waals surface area (Å²) in [6, 6.07) is 6.63. The molecule has 0 spiro atoms. The average molecular weight is 459 g/mol. The van der Waals surface area contributed by atoms with E-state index in [2.05, 4.69) is 59.9 Å². The first-order chi connectivity index (χ1) is 14.9. The largest absolute Gasteiger partial charge is 0.545 e. The molecule has 1 fully saturated rings. The van der Waals surface area contributed by atoms with Gasteiger partial charge in [-0.25, -0.2) is 0 Å². The number of hydrogen-bond donors (Lipinski definition) is 1. The van der Waals surface area contributed by atoms with Crippen LogP contribution in [0.15, 0.2) is 36.1 Å². The molecular formula is C25H38N2O4Si. The minimum absolute atomic E-state index is 0.0521. The van der Waals surface area contributed by atoms with Gasteiger partial charge in [0.1, 0.15) is 0 Å². The minimum Gasteiger partial charge on any atom is -0.545 e. The molecule has 0 radical (unpaired) electrons. The number of hydrogen-bond acceptors (Lipinski definition) is 4. The molecule has 1 heterocycles. The fourth-order valence-electron chi connectivity index (χ4n) is 6.24. The molecule has 7 heteroatoms. The van der Waals surface area contributed by atoms with E-state index in [0.29, 0.717) is 23.0 Å². The molecule has 0 bridgehead atoms. The van der Waals surface area contributed by atoms with Crippen LogP contribution < -0.4 is 5.32 Å². The Hall–Kier alpha value is -2.15.